The van der Waals surface area contributed by atoms with Crippen LogP contribution in [0.1, 0.15) is 32.3 Å². The van der Waals surface area contributed by atoms with E-state index < -0.39 is 21.1 Å². The maximum Gasteiger partial charge on any atom is 0.211 e. The maximum atomic E-state index is 15.0. The Morgan fingerprint density at radius 2 is 1.87 bits per heavy atom. The molecule has 4 rings (SSSR count). The van der Waals surface area contributed by atoms with E-state index in [4.69, 9.17) is 0 Å². The molecule has 1 atom stereocenters. The van der Waals surface area contributed by atoms with Crippen molar-refractivity contribution in [2.24, 2.45) is 13.0 Å². The highest BCUT2D eigenvalue weighted by Crippen LogP contribution is 2.30. The summed E-state index contributed by atoms with van der Waals surface area (Å²) in [5.74, 6) is -0.0279. The number of hydrogen-bond acceptors (Lipinski definition) is 4. The fraction of sp³-hybridized carbons (Fsp3) is 0.375. The van der Waals surface area contributed by atoms with E-state index in [1.807, 2.05) is 11.8 Å². The maximum absolute atomic E-state index is 15.0. The highest BCUT2D eigenvalue weighted by atomic mass is 32.2. The van der Waals surface area contributed by atoms with Crippen LogP contribution in [0.5, 0.6) is 0 Å². The zero-order valence-electron chi connectivity index (χ0n) is 18.1. The zero-order chi connectivity index (χ0) is 22.3. The second kappa shape index (κ2) is 8.11. The van der Waals surface area contributed by atoms with Gasteiger partial charge in [-0.2, -0.15) is 0 Å². The van der Waals surface area contributed by atoms with E-state index in [0.717, 1.165) is 37.9 Å². The SMILES string of the molecule is CCc1ccc(S(=O)(=O)c2cn(C)c3cc(N4CCC[C@@H](C)C4)c(F)cc3c2=O)cc1. The number of sulfone groups is 1. The van der Waals surface area contributed by atoms with Crippen LogP contribution in [0.4, 0.5) is 10.1 Å². The molecule has 7 heteroatoms. The summed E-state index contributed by atoms with van der Waals surface area (Å²) in [5.41, 5.74) is 1.30. The van der Waals surface area contributed by atoms with Crippen molar-refractivity contribution in [2.75, 3.05) is 18.0 Å². The van der Waals surface area contributed by atoms with E-state index in [1.54, 1.807) is 29.8 Å². The lowest BCUT2D eigenvalue weighted by molar-refractivity contribution is 0.442. The summed E-state index contributed by atoms with van der Waals surface area (Å²) in [7, 11) is -2.34. The summed E-state index contributed by atoms with van der Waals surface area (Å²) in [6, 6.07) is 9.36. The average molecular weight is 443 g/mol. The number of pyridine rings is 1. The van der Waals surface area contributed by atoms with Crippen LogP contribution in [-0.4, -0.2) is 26.1 Å². The molecule has 0 aliphatic carbocycles. The van der Waals surface area contributed by atoms with Gasteiger partial charge in [-0.1, -0.05) is 26.0 Å². The molecule has 2 aromatic carbocycles. The Morgan fingerprint density at radius 1 is 1.16 bits per heavy atom. The van der Waals surface area contributed by atoms with E-state index >= 15 is 4.39 Å². The molecular weight excluding hydrogens is 415 g/mol. The normalized spacial score (nSPS) is 17.3. The van der Waals surface area contributed by atoms with E-state index in [0.29, 0.717) is 17.1 Å². The summed E-state index contributed by atoms with van der Waals surface area (Å²) >= 11 is 0. The monoisotopic (exact) mass is 442 g/mol. The number of aryl methyl sites for hydroxylation is 2. The fourth-order valence-electron chi connectivity index (χ4n) is 4.33. The van der Waals surface area contributed by atoms with Gasteiger partial charge in [-0.05, 0) is 55.0 Å². The van der Waals surface area contributed by atoms with Gasteiger partial charge in [0, 0.05) is 26.3 Å². The number of anilines is 1. The molecule has 1 saturated heterocycles. The zero-order valence-corrected chi connectivity index (χ0v) is 18.9. The quantitative estimate of drug-likeness (QED) is 0.604. The summed E-state index contributed by atoms with van der Waals surface area (Å²) in [5, 5.41) is 0.0695. The minimum atomic E-state index is -4.03. The molecule has 0 amide bonds. The standard InChI is InChI=1S/C24H27FN2O3S/c1-4-17-7-9-18(10-8-17)31(29,30)23-15-26(3)21-13-22(20(25)12-19(21)24(23)28)27-11-5-6-16(2)14-27/h7-10,12-13,15-16H,4-6,11,14H2,1-3H3/t16-/m1/s1. The van der Waals surface area contributed by atoms with Gasteiger partial charge in [0.2, 0.25) is 15.3 Å². The van der Waals surface area contributed by atoms with E-state index in [1.165, 1.54) is 24.4 Å². The summed E-state index contributed by atoms with van der Waals surface area (Å²) < 4.78 is 43.0. The van der Waals surface area contributed by atoms with Crippen molar-refractivity contribution in [3.8, 4) is 0 Å². The third-order valence-electron chi connectivity index (χ3n) is 6.15. The number of aromatic nitrogens is 1. The summed E-state index contributed by atoms with van der Waals surface area (Å²) in [6.45, 7) is 5.65. The summed E-state index contributed by atoms with van der Waals surface area (Å²) in [6.07, 6.45) is 4.24. The number of rotatable bonds is 4. The number of fused-ring (bicyclic) bond motifs is 1. The van der Waals surface area contributed by atoms with Crippen LogP contribution in [0.2, 0.25) is 0 Å². The molecule has 0 N–H and O–H groups in total. The number of hydrogen-bond donors (Lipinski definition) is 0. The second-order valence-electron chi connectivity index (χ2n) is 8.45. The molecule has 164 valence electrons. The molecule has 1 fully saturated rings. The molecule has 0 unspecified atom stereocenters. The Balaban J connectivity index is 1.85. The summed E-state index contributed by atoms with van der Waals surface area (Å²) in [4.78, 5) is 14.9. The van der Waals surface area contributed by atoms with Crippen LogP contribution in [0.3, 0.4) is 0 Å². The topological polar surface area (TPSA) is 59.4 Å². The lowest BCUT2D eigenvalue weighted by Gasteiger charge is -2.33. The highest BCUT2D eigenvalue weighted by molar-refractivity contribution is 7.91. The number of piperidine rings is 1. The first-order chi connectivity index (χ1) is 14.7. The minimum Gasteiger partial charge on any atom is -0.369 e. The van der Waals surface area contributed by atoms with Crippen LogP contribution in [0.15, 0.2) is 57.2 Å². The molecule has 0 saturated carbocycles. The van der Waals surface area contributed by atoms with Crippen LogP contribution in [0.25, 0.3) is 10.9 Å². The lowest BCUT2D eigenvalue weighted by atomic mass is 9.99. The van der Waals surface area contributed by atoms with Crippen molar-refractivity contribution >= 4 is 26.4 Å². The molecule has 31 heavy (non-hydrogen) atoms. The molecular formula is C24H27FN2O3S. The molecule has 1 aliphatic heterocycles. The van der Waals surface area contributed by atoms with Crippen LogP contribution in [0, 0.1) is 11.7 Å². The van der Waals surface area contributed by atoms with Gasteiger partial charge < -0.3 is 9.47 Å². The van der Waals surface area contributed by atoms with Crippen molar-refractivity contribution in [1.82, 2.24) is 4.57 Å². The molecule has 3 aromatic rings. The predicted octanol–water partition coefficient (Wildman–Crippen LogP) is 4.31. The van der Waals surface area contributed by atoms with Crippen LogP contribution >= 0.6 is 0 Å². The van der Waals surface area contributed by atoms with E-state index in [-0.39, 0.29) is 15.2 Å². The van der Waals surface area contributed by atoms with Crippen LogP contribution in [-0.2, 0) is 23.3 Å². The molecule has 1 aromatic heterocycles. The molecule has 0 bridgehead atoms. The predicted molar refractivity (Wildman–Crippen MR) is 121 cm³/mol. The van der Waals surface area contributed by atoms with Gasteiger partial charge in [0.1, 0.15) is 10.7 Å². The number of halogens is 1. The van der Waals surface area contributed by atoms with Crippen molar-refractivity contribution < 1.29 is 12.8 Å². The fourth-order valence-corrected chi connectivity index (χ4v) is 5.73. The largest absolute Gasteiger partial charge is 0.369 e. The van der Waals surface area contributed by atoms with Gasteiger partial charge >= 0.3 is 0 Å². The number of nitrogens with zero attached hydrogens (tertiary/aromatic N) is 2. The third-order valence-corrected chi connectivity index (χ3v) is 7.92. The highest BCUT2D eigenvalue weighted by Gasteiger charge is 2.25. The van der Waals surface area contributed by atoms with Crippen molar-refractivity contribution in [1.29, 1.82) is 0 Å². The van der Waals surface area contributed by atoms with E-state index in [9.17, 15) is 13.2 Å². The molecule has 5 nitrogen and oxygen atoms in total. The Hall–Kier alpha value is -2.67. The Labute approximate surface area is 182 Å². The van der Waals surface area contributed by atoms with Gasteiger partial charge in [-0.25, -0.2) is 12.8 Å². The number of benzene rings is 2. The van der Waals surface area contributed by atoms with Gasteiger partial charge in [-0.3, -0.25) is 4.79 Å². The Bertz CT molecular complexity index is 1300. The van der Waals surface area contributed by atoms with E-state index in [2.05, 4.69) is 6.92 Å². The molecule has 2 heterocycles. The first kappa shape index (κ1) is 21.6. The smallest absolute Gasteiger partial charge is 0.211 e. The molecule has 0 radical (unpaired) electrons. The van der Waals surface area contributed by atoms with Gasteiger partial charge in [0.25, 0.3) is 0 Å². The molecule has 1 aliphatic rings. The molecule has 0 spiro atoms. The van der Waals surface area contributed by atoms with Gasteiger partial charge in [0.15, 0.2) is 0 Å². The van der Waals surface area contributed by atoms with Crippen molar-refractivity contribution in [3.63, 3.8) is 0 Å². The lowest BCUT2D eigenvalue weighted by Crippen LogP contribution is -2.35. The van der Waals surface area contributed by atoms with Gasteiger partial charge in [0.05, 0.1) is 21.5 Å². The van der Waals surface area contributed by atoms with Gasteiger partial charge in [-0.15, -0.1) is 0 Å². The first-order valence-electron chi connectivity index (χ1n) is 10.6. The second-order valence-corrected chi connectivity index (χ2v) is 10.4. The third kappa shape index (κ3) is 3.87. The van der Waals surface area contributed by atoms with Crippen molar-refractivity contribution in [2.45, 2.75) is 42.9 Å². The average Bonchev–Trinajstić information content (AvgIpc) is 2.75. The minimum absolute atomic E-state index is 0.0561. The van der Waals surface area contributed by atoms with Crippen LogP contribution < -0.4 is 10.3 Å². The Kier molecular flexibility index (Phi) is 5.64. The first-order valence-corrected chi connectivity index (χ1v) is 12.1. The van der Waals surface area contributed by atoms with Crippen molar-refractivity contribution in [3.05, 3.63) is 64.2 Å². The Morgan fingerprint density at radius 3 is 2.52 bits per heavy atom.